The average molecular weight is 395 g/mol. The van der Waals surface area contributed by atoms with Crippen molar-refractivity contribution >= 4 is 23.5 Å². The molecule has 1 aromatic heterocycles. The molecule has 3 rings (SSSR count). The molecule has 144 valence electrons. The highest BCUT2D eigenvalue weighted by Gasteiger charge is 2.15. The zero-order chi connectivity index (χ0) is 20.1. The van der Waals surface area contributed by atoms with Crippen molar-refractivity contribution in [3.63, 3.8) is 0 Å². The first-order valence-corrected chi connectivity index (χ1v) is 9.89. The Morgan fingerprint density at radius 2 is 1.79 bits per heavy atom. The largest absolute Gasteiger partial charge is 0.352 e. The van der Waals surface area contributed by atoms with Crippen LogP contribution in [0.3, 0.4) is 0 Å². The van der Waals surface area contributed by atoms with Gasteiger partial charge in [0.05, 0.1) is 5.75 Å². The average Bonchev–Trinajstić information content (AvgIpc) is 3.05. The number of hydrogen-bond acceptors (Lipinski definition) is 5. The van der Waals surface area contributed by atoms with Gasteiger partial charge >= 0.3 is 0 Å². The second-order valence-corrected chi connectivity index (χ2v) is 7.44. The van der Waals surface area contributed by atoms with Gasteiger partial charge in [0.15, 0.2) is 16.8 Å². The molecule has 0 aliphatic rings. The third-order valence-electron chi connectivity index (χ3n) is 4.37. The summed E-state index contributed by atoms with van der Waals surface area (Å²) in [5, 5.41) is 12.0. The maximum Gasteiger partial charge on any atom is 0.217 e. The number of ketones is 1. The molecule has 0 atom stereocenters. The van der Waals surface area contributed by atoms with Gasteiger partial charge in [-0.25, -0.2) is 0 Å². The first kappa shape index (κ1) is 19.8. The highest BCUT2D eigenvalue weighted by Crippen LogP contribution is 2.25. The number of Topliss-reactive ketones (excluding diaryl/α,β-unsaturated/α-hetero) is 1. The number of amides is 1. The van der Waals surface area contributed by atoms with E-state index in [1.807, 2.05) is 54.9 Å². The summed E-state index contributed by atoms with van der Waals surface area (Å²) in [6.07, 6.45) is 0. The van der Waals surface area contributed by atoms with Gasteiger partial charge in [-0.15, -0.1) is 10.2 Å². The molecule has 7 heteroatoms. The van der Waals surface area contributed by atoms with E-state index in [1.165, 1.54) is 18.7 Å². The molecule has 2 aromatic carbocycles. The minimum absolute atomic E-state index is 0.0246. The molecular formula is C21H22N4O2S. The molecule has 0 saturated carbocycles. The lowest BCUT2D eigenvalue weighted by molar-refractivity contribution is -0.119. The molecule has 0 unspecified atom stereocenters. The van der Waals surface area contributed by atoms with E-state index in [0.717, 1.165) is 22.5 Å². The van der Waals surface area contributed by atoms with E-state index in [2.05, 4.69) is 15.5 Å². The predicted octanol–water partition coefficient (Wildman–Crippen LogP) is 3.40. The first-order valence-electron chi connectivity index (χ1n) is 8.90. The fourth-order valence-corrected chi connectivity index (χ4v) is 3.55. The molecule has 0 radical (unpaired) electrons. The Morgan fingerprint density at radius 1 is 1.07 bits per heavy atom. The third kappa shape index (κ3) is 4.67. The zero-order valence-corrected chi connectivity index (χ0v) is 16.9. The summed E-state index contributed by atoms with van der Waals surface area (Å²) in [7, 11) is 1.91. The second kappa shape index (κ2) is 8.84. The Bertz CT molecular complexity index is 996. The molecule has 6 nitrogen and oxygen atoms in total. The lowest BCUT2D eigenvalue weighted by atomic mass is 10.1. The van der Waals surface area contributed by atoms with Crippen molar-refractivity contribution in [3.8, 4) is 11.4 Å². The summed E-state index contributed by atoms with van der Waals surface area (Å²) >= 11 is 1.37. The maximum atomic E-state index is 12.5. The molecular weight excluding hydrogens is 372 g/mol. The van der Waals surface area contributed by atoms with Crippen molar-refractivity contribution in [1.82, 2.24) is 20.1 Å². The van der Waals surface area contributed by atoms with E-state index >= 15 is 0 Å². The molecule has 0 aliphatic carbocycles. The van der Waals surface area contributed by atoms with E-state index in [4.69, 9.17) is 0 Å². The van der Waals surface area contributed by atoms with E-state index in [-0.39, 0.29) is 17.4 Å². The quantitative estimate of drug-likeness (QED) is 0.491. The number of thioether (sulfide) groups is 1. The van der Waals surface area contributed by atoms with Crippen LogP contribution in [0.5, 0.6) is 0 Å². The Hall–Kier alpha value is -2.93. The van der Waals surface area contributed by atoms with Crippen LogP contribution in [-0.2, 0) is 18.4 Å². The minimum Gasteiger partial charge on any atom is -0.352 e. The summed E-state index contributed by atoms with van der Waals surface area (Å²) in [6.45, 7) is 3.97. The van der Waals surface area contributed by atoms with Crippen LogP contribution in [0.2, 0.25) is 0 Å². The number of nitrogens with zero attached hydrogens (tertiary/aromatic N) is 3. The number of nitrogens with one attached hydrogen (secondary N) is 1. The van der Waals surface area contributed by atoms with Crippen molar-refractivity contribution < 1.29 is 9.59 Å². The van der Waals surface area contributed by atoms with Crippen molar-refractivity contribution in [2.75, 3.05) is 5.75 Å². The van der Waals surface area contributed by atoms with Crippen molar-refractivity contribution in [3.05, 3.63) is 65.2 Å². The number of hydrogen-bond donors (Lipinski definition) is 1. The van der Waals surface area contributed by atoms with Gasteiger partial charge in [-0.05, 0) is 18.1 Å². The number of aryl methyl sites for hydroxylation is 1. The summed E-state index contributed by atoms with van der Waals surface area (Å²) < 4.78 is 1.91. The Morgan fingerprint density at radius 3 is 2.46 bits per heavy atom. The van der Waals surface area contributed by atoms with Crippen molar-refractivity contribution in [2.45, 2.75) is 25.5 Å². The van der Waals surface area contributed by atoms with Crippen LogP contribution in [0.1, 0.15) is 28.4 Å². The van der Waals surface area contributed by atoms with Crippen LogP contribution in [0.15, 0.2) is 53.7 Å². The van der Waals surface area contributed by atoms with Gasteiger partial charge in [-0.2, -0.15) is 0 Å². The van der Waals surface area contributed by atoms with Gasteiger partial charge in [0.1, 0.15) is 0 Å². The summed E-state index contributed by atoms with van der Waals surface area (Å²) in [6, 6.07) is 15.3. The van der Waals surface area contributed by atoms with Crippen molar-refractivity contribution in [1.29, 1.82) is 0 Å². The fourth-order valence-electron chi connectivity index (χ4n) is 2.75. The lowest BCUT2D eigenvalue weighted by Gasteiger charge is -2.06. The van der Waals surface area contributed by atoms with Crippen LogP contribution in [0.25, 0.3) is 11.4 Å². The van der Waals surface area contributed by atoms with Gasteiger partial charge in [0, 0.05) is 31.6 Å². The Balaban J connectivity index is 1.64. The minimum atomic E-state index is -0.0784. The summed E-state index contributed by atoms with van der Waals surface area (Å²) in [4.78, 5) is 23.5. The predicted molar refractivity (Wildman–Crippen MR) is 110 cm³/mol. The van der Waals surface area contributed by atoms with Gasteiger partial charge < -0.3 is 9.88 Å². The highest BCUT2D eigenvalue weighted by atomic mass is 32.2. The summed E-state index contributed by atoms with van der Waals surface area (Å²) in [5.74, 6) is 1.02. The molecule has 28 heavy (non-hydrogen) atoms. The molecule has 0 aliphatic heterocycles. The Kier molecular flexibility index (Phi) is 6.26. The lowest BCUT2D eigenvalue weighted by Crippen LogP contribution is -2.18. The number of rotatable bonds is 7. The molecule has 0 spiro atoms. The standard InChI is InChI=1S/C21H22N4O2S/c1-14-6-4-5-7-18(14)20-23-24-21(25(20)3)28-13-19(27)17-10-8-16(9-11-17)12-22-15(2)26/h4-11H,12-13H2,1-3H3,(H,22,26). The van der Waals surface area contributed by atoms with E-state index in [0.29, 0.717) is 17.3 Å². The smallest absolute Gasteiger partial charge is 0.217 e. The van der Waals surface area contributed by atoms with Crippen LogP contribution in [0.4, 0.5) is 0 Å². The zero-order valence-electron chi connectivity index (χ0n) is 16.1. The number of carbonyl (C=O) groups excluding carboxylic acids is 2. The molecule has 1 N–H and O–H groups in total. The van der Waals surface area contributed by atoms with Gasteiger partial charge in [-0.3, -0.25) is 9.59 Å². The van der Waals surface area contributed by atoms with Crippen LogP contribution < -0.4 is 5.32 Å². The van der Waals surface area contributed by atoms with Crippen LogP contribution in [-0.4, -0.2) is 32.2 Å². The topological polar surface area (TPSA) is 76.9 Å². The first-order chi connectivity index (χ1) is 13.5. The third-order valence-corrected chi connectivity index (χ3v) is 5.39. The number of benzene rings is 2. The number of aromatic nitrogens is 3. The molecule has 1 amide bonds. The highest BCUT2D eigenvalue weighted by molar-refractivity contribution is 7.99. The second-order valence-electron chi connectivity index (χ2n) is 6.50. The molecule has 0 saturated heterocycles. The van der Waals surface area contributed by atoms with E-state index in [9.17, 15) is 9.59 Å². The van der Waals surface area contributed by atoms with E-state index < -0.39 is 0 Å². The SMILES string of the molecule is CC(=O)NCc1ccc(C(=O)CSc2nnc(-c3ccccc3C)n2C)cc1. The molecule has 0 bridgehead atoms. The maximum absolute atomic E-state index is 12.5. The van der Waals surface area contributed by atoms with Crippen LogP contribution in [0, 0.1) is 6.92 Å². The van der Waals surface area contributed by atoms with Crippen LogP contribution >= 0.6 is 11.8 Å². The van der Waals surface area contributed by atoms with Gasteiger partial charge in [-0.1, -0.05) is 60.3 Å². The van der Waals surface area contributed by atoms with E-state index in [1.54, 1.807) is 12.1 Å². The number of carbonyl (C=O) groups is 2. The van der Waals surface area contributed by atoms with Gasteiger partial charge in [0.2, 0.25) is 5.91 Å². The van der Waals surface area contributed by atoms with Crippen molar-refractivity contribution in [2.24, 2.45) is 7.05 Å². The molecule has 0 fully saturated rings. The summed E-state index contributed by atoms with van der Waals surface area (Å²) in [5.41, 5.74) is 3.76. The molecule has 3 aromatic rings. The fraction of sp³-hybridized carbons (Fsp3) is 0.238. The monoisotopic (exact) mass is 394 g/mol. The molecule has 1 heterocycles. The van der Waals surface area contributed by atoms with Gasteiger partial charge in [0.25, 0.3) is 0 Å². The normalized spacial score (nSPS) is 10.7. The Labute approximate surface area is 168 Å².